The number of hydrogen-bond acceptors (Lipinski definition) is 5. The Morgan fingerprint density at radius 1 is 1.04 bits per heavy atom. The number of benzene rings is 2. The van der Waals surface area contributed by atoms with Crippen molar-refractivity contribution in [1.29, 1.82) is 0 Å². The van der Waals surface area contributed by atoms with Gasteiger partial charge in [-0.2, -0.15) is 9.78 Å². The van der Waals surface area contributed by atoms with Crippen LogP contribution in [0.5, 0.6) is 0 Å². The molecule has 28 heavy (non-hydrogen) atoms. The van der Waals surface area contributed by atoms with E-state index in [0.29, 0.717) is 16.4 Å². The SMILES string of the molecule is Cc1nn(C(=O)OC(C)(C)C)c2cc(-c3nnc(Cl)c4ccccc34)ccc12. The quantitative estimate of drug-likeness (QED) is 0.432. The molecule has 0 aliphatic carbocycles. The van der Waals surface area contributed by atoms with Crippen LogP contribution in [0, 0.1) is 6.92 Å². The first-order chi connectivity index (χ1) is 13.2. The lowest BCUT2D eigenvalue weighted by Crippen LogP contribution is -2.27. The van der Waals surface area contributed by atoms with E-state index in [1.165, 1.54) is 4.68 Å². The van der Waals surface area contributed by atoms with E-state index in [2.05, 4.69) is 15.3 Å². The Labute approximate surface area is 167 Å². The molecule has 0 amide bonds. The number of ether oxygens (including phenoxy) is 1. The summed E-state index contributed by atoms with van der Waals surface area (Å²) < 4.78 is 6.79. The van der Waals surface area contributed by atoms with E-state index >= 15 is 0 Å². The summed E-state index contributed by atoms with van der Waals surface area (Å²) in [7, 11) is 0. The highest BCUT2D eigenvalue weighted by Crippen LogP contribution is 2.32. The van der Waals surface area contributed by atoms with E-state index in [-0.39, 0.29) is 0 Å². The van der Waals surface area contributed by atoms with Gasteiger partial charge in [-0.15, -0.1) is 10.2 Å². The van der Waals surface area contributed by atoms with Crippen molar-refractivity contribution in [3.05, 3.63) is 53.3 Å². The number of aryl methyl sites for hydroxylation is 1. The van der Waals surface area contributed by atoms with Crippen molar-refractivity contribution in [3.8, 4) is 11.3 Å². The molecule has 2 aromatic carbocycles. The van der Waals surface area contributed by atoms with Gasteiger partial charge < -0.3 is 4.74 Å². The third kappa shape index (κ3) is 3.20. The zero-order chi connectivity index (χ0) is 20.1. The molecule has 0 saturated carbocycles. The van der Waals surface area contributed by atoms with Gasteiger partial charge in [-0.05, 0) is 33.8 Å². The summed E-state index contributed by atoms with van der Waals surface area (Å²) in [6.07, 6.45) is -0.519. The largest absolute Gasteiger partial charge is 0.442 e. The minimum atomic E-state index is -0.612. The monoisotopic (exact) mass is 394 g/mol. The van der Waals surface area contributed by atoms with Crippen molar-refractivity contribution in [1.82, 2.24) is 20.0 Å². The fourth-order valence-corrected chi connectivity index (χ4v) is 3.35. The zero-order valence-corrected chi connectivity index (χ0v) is 16.8. The van der Waals surface area contributed by atoms with Gasteiger partial charge in [-0.1, -0.05) is 48.0 Å². The number of carbonyl (C=O) groups is 1. The third-order valence-electron chi connectivity index (χ3n) is 4.35. The molecule has 142 valence electrons. The molecule has 0 fully saturated rings. The molecule has 6 nitrogen and oxygen atoms in total. The molecule has 0 aliphatic heterocycles. The van der Waals surface area contributed by atoms with Crippen molar-refractivity contribution < 1.29 is 9.53 Å². The first-order valence-corrected chi connectivity index (χ1v) is 9.26. The Kier molecular flexibility index (Phi) is 4.31. The number of carbonyl (C=O) groups excluding carboxylic acids is 1. The molecular formula is C21H19ClN4O2. The van der Waals surface area contributed by atoms with Crippen LogP contribution < -0.4 is 0 Å². The number of halogens is 1. The summed E-state index contributed by atoms with van der Waals surface area (Å²) in [5, 5.41) is 15.7. The second-order valence-corrected chi connectivity index (χ2v) is 7.95. The molecule has 0 aliphatic rings. The van der Waals surface area contributed by atoms with E-state index in [1.807, 2.05) is 70.2 Å². The van der Waals surface area contributed by atoms with Gasteiger partial charge in [-0.3, -0.25) is 0 Å². The fourth-order valence-electron chi connectivity index (χ4n) is 3.15. The number of hydrogen-bond donors (Lipinski definition) is 0. The van der Waals surface area contributed by atoms with E-state index in [1.54, 1.807) is 0 Å². The molecule has 7 heteroatoms. The highest BCUT2D eigenvalue weighted by Gasteiger charge is 2.22. The van der Waals surface area contributed by atoms with E-state index in [9.17, 15) is 4.79 Å². The maximum atomic E-state index is 12.6. The first kappa shape index (κ1) is 18.4. The van der Waals surface area contributed by atoms with Crippen molar-refractivity contribution >= 4 is 39.4 Å². The van der Waals surface area contributed by atoms with Crippen molar-refractivity contribution in [2.45, 2.75) is 33.3 Å². The van der Waals surface area contributed by atoms with E-state index in [4.69, 9.17) is 16.3 Å². The summed E-state index contributed by atoms with van der Waals surface area (Å²) in [6, 6.07) is 13.4. The van der Waals surface area contributed by atoms with Gasteiger partial charge in [0.15, 0.2) is 5.15 Å². The molecule has 4 aromatic rings. The van der Waals surface area contributed by atoms with Crippen LogP contribution in [0.1, 0.15) is 26.5 Å². The lowest BCUT2D eigenvalue weighted by molar-refractivity contribution is 0.0522. The average Bonchev–Trinajstić information content (AvgIpc) is 2.97. The van der Waals surface area contributed by atoms with Gasteiger partial charge in [0.1, 0.15) is 11.3 Å². The number of aromatic nitrogens is 4. The van der Waals surface area contributed by atoms with Crippen molar-refractivity contribution in [2.24, 2.45) is 0 Å². The molecule has 2 aromatic heterocycles. The average molecular weight is 395 g/mol. The molecule has 2 heterocycles. The molecule has 0 unspecified atom stereocenters. The normalized spacial score (nSPS) is 11.9. The number of rotatable bonds is 1. The van der Waals surface area contributed by atoms with Crippen LogP contribution in [0.4, 0.5) is 4.79 Å². The molecule has 4 rings (SSSR count). The molecular weight excluding hydrogens is 376 g/mol. The molecule has 0 N–H and O–H groups in total. The lowest BCUT2D eigenvalue weighted by atomic mass is 10.0. The third-order valence-corrected chi connectivity index (χ3v) is 4.63. The Bertz CT molecular complexity index is 1220. The van der Waals surface area contributed by atoms with Gasteiger partial charge in [0.05, 0.1) is 11.2 Å². The predicted molar refractivity (Wildman–Crippen MR) is 110 cm³/mol. The number of nitrogens with zero attached hydrogens (tertiary/aromatic N) is 4. The standard InChI is InChI=1S/C21H19ClN4O2/c1-12-14-10-9-13(11-17(14)26(25-12)20(27)28-21(2,3)4)18-15-7-5-6-8-16(15)19(22)24-23-18/h5-11H,1-4H3. The fraction of sp³-hybridized carbons (Fsp3) is 0.238. The van der Waals surface area contributed by atoms with Crippen LogP contribution >= 0.6 is 11.6 Å². The second kappa shape index (κ2) is 6.56. The van der Waals surface area contributed by atoms with Crippen molar-refractivity contribution in [3.63, 3.8) is 0 Å². The maximum Gasteiger partial charge on any atom is 0.435 e. The summed E-state index contributed by atoms with van der Waals surface area (Å²) in [5.74, 6) is 0. The number of fused-ring (bicyclic) bond motifs is 2. The summed E-state index contributed by atoms with van der Waals surface area (Å²) in [4.78, 5) is 12.6. The topological polar surface area (TPSA) is 69.9 Å². The second-order valence-electron chi connectivity index (χ2n) is 7.59. The molecule has 0 bridgehead atoms. The highest BCUT2D eigenvalue weighted by atomic mass is 35.5. The van der Waals surface area contributed by atoms with Crippen LogP contribution in [0.2, 0.25) is 5.15 Å². The Hall–Kier alpha value is -2.99. The molecule has 0 atom stereocenters. The highest BCUT2D eigenvalue weighted by molar-refractivity contribution is 6.34. The Morgan fingerprint density at radius 2 is 1.75 bits per heavy atom. The maximum absolute atomic E-state index is 12.6. The lowest BCUT2D eigenvalue weighted by Gasteiger charge is -2.19. The molecule has 0 radical (unpaired) electrons. The van der Waals surface area contributed by atoms with Crippen LogP contribution in [0.25, 0.3) is 32.9 Å². The zero-order valence-electron chi connectivity index (χ0n) is 16.0. The van der Waals surface area contributed by atoms with Crippen molar-refractivity contribution in [2.75, 3.05) is 0 Å². The van der Waals surface area contributed by atoms with E-state index in [0.717, 1.165) is 27.4 Å². The van der Waals surface area contributed by atoms with Gasteiger partial charge in [0.25, 0.3) is 0 Å². The summed E-state index contributed by atoms with van der Waals surface area (Å²) in [5.41, 5.74) is 2.30. The van der Waals surface area contributed by atoms with Crippen LogP contribution in [0.3, 0.4) is 0 Å². The minimum absolute atomic E-state index is 0.357. The predicted octanol–water partition coefficient (Wildman–Crippen LogP) is 5.39. The van der Waals surface area contributed by atoms with Crippen LogP contribution in [0.15, 0.2) is 42.5 Å². The van der Waals surface area contributed by atoms with Crippen LogP contribution in [-0.4, -0.2) is 31.7 Å². The summed E-state index contributed by atoms with van der Waals surface area (Å²) >= 11 is 6.19. The van der Waals surface area contributed by atoms with Gasteiger partial charge in [-0.25, -0.2) is 4.79 Å². The minimum Gasteiger partial charge on any atom is -0.442 e. The van der Waals surface area contributed by atoms with Gasteiger partial charge >= 0.3 is 6.09 Å². The Balaban J connectivity index is 1.90. The van der Waals surface area contributed by atoms with Gasteiger partial charge in [0.2, 0.25) is 0 Å². The summed E-state index contributed by atoms with van der Waals surface area (Å²) in [6.45, 7) is 7.33. The smallest absolute Gasteiger partial charge is 0.435 e. The first-order valence-electron chi connectivity index (χ1n) is 8.88. The Morgan fingerprint density at radius 3 is 2.46 bits per heavy atom. The van der Waals surface area contributed by atoms with Gasteiger partial charge in [0, 0.05) is 21.7 Å². The molecule has 0 saturated heterocycles. The molecule has 0 spiro atoms. The van der Waals surface area contributed by atoms with Crippen LogP contribution in [-0.2, 0) is 4.74 Å². The van der Waals surface area contributed by atoms with E-state index < -0.39 is 11.7 Å².